The van der Waals surface area contributed by atoms with Crippen molar-refractivity contribution in [2.24, 2.45) is 0 Å². The van der Waals surface area contributed by atoms with Gasteiger partial charge in [-0.1, -0.05) is 49.2 Å². The molecule has 2 aromatic carbocycles. The van der Waals surface area contributed by atoms with Crippen LogP contribution in [0.5, 0.6) is 5.75 Å². The fourth-order valence-corrected chi connectivity index (χ4v) is 4.88. The maximum Gasteiger partial charge on any atom is 0.244 e. The molecule has 2 rings (SSSR count). The zero-order valence-electron chi connectivity index (χ0n) is 21.1. The Balaban J connectivity index is 2.49. The van der Waals surface area contributed by atoms with Gasteiger partial charge in [0, 0.05) is 28.7 Å². The van der Waals surface area contributed by atoms with Crippen molar-refractivity contribution in [3.8, 4) is 5.75 Å². The summed E-state index contributed by atoms with van der Waals surface area (Å²) in [4.78, 5) is 28.2. The Morgan fingerprint density at radius 1 is 1.08 bits per heavy atom. The van der Waals surface area contributed by atoms with Crippen LogP contribution >= 0.6 is 23.2 Å². The molecule has 2 atom stereocenters. The van der Waals surface area contributed by atoms with Gasteiger partial charge in [-0.15, -0.1) is 0 Å². The summed E-state index contributed by atoms with van der Waals surface area (Å²) in [7, 11) is -2.38. The lowest BCUT2D eigenvalue weighted by molar-refractivity contribution is -0.140. The summed E-state index contributed by atoms with van der Waals surface area (Å²) in [6.07, 6.45) is 2.06. The zero-order valence-corrected chi connectivity index (χ0v) is 23.5. The molecular weight excluding hydrogens is 525 g/mol. The Bertz CT molecular complexity index is 1180. The Kier molecular flexibility index (Phi) is 10.9. The zero-order chi connectivity index (χ0) is 27.0. The van der Waals surface area contributed by atoms with E-state index in [1.54, 1.807) is 43.3 Å². The molecule has 0 saturated carbocycles. The first kappa shape index (κ1) is 29.7. The number of ether oxygens (including phenoxy) is 1. The minimum atomic E-state index is -3.85. The van der Waals surface area contributed by atoms with Crippen LogP contribution in [0.25, 0.3) is 0 Å². The number of nitrogens with one attached hydrogen (secondary N) is 1. The Labute approximate surface area is 223 Å². The standard InChI is InChI=1S/C25H33Cl2N3O5S/c1-6-17(3)28-25(32)23(7-2)29(15-18-11-12-19(26)13-22(18)27)24(31)16-30(36(5,33)34)20-9-8-10-21(14-20)35-4/h8-14,17,23H,6-7,15-16H2,1-5H3,(H,28,32)/t17-,23-/m0/s1. The predicted octanol–water partition coefficient (Wildman–Crippen LogP) is 4.49. The molecule has 0 spiro atoms. The van der Waals surface area contributed by atoms with E-state index < -0.39 is 28.5 Å². The molecule has 0 aromatic heterocycles. The smallest absolute Gasteiger partial charge is 0.244 e. The minimum absolute atomic E-state index is 0.00300. The van der Waals surface area contributed by atoms with Crippen molar-refractivity contribution in [1.82, 2.24) is 10.2 Å². The normalized spacial score (nSPS) is 13.0. The van der Waals surface area contributed by atoms with Gasteiger partial charge in [0.05, 0.1) is 19.1 Å². The van der Waals surface area contributed by atoms with Gasteiger partial charge >= 0.3 is 0 Å². The van der Waals surface area contributed by atoms with Gasteiger partial charge in [0.2, 0.25) is 21.8 Å². The van der Waals surface area contributed by atoms with Gasteiger partial charge in [-0.05, 0) is 49.6 Å². The van der Waals surface area contributed by atoms with Crippen molar-refractivity contribution in [3.63, 3.8) is 0 Å². The van der Waals surface area contributed by atoms with Gasteiger partial charge in [-0.2, -0.15) is 0 Å². The van der Waals surface area contributed by atoms with Crippen molar-refractivity contribution in [2.75, 3.05) is 24.2 Å². The lowest BCUT2D eigenvalue weighted by Gasteiger charge is -2.33. The molecule has 8 nitrogen and oxygen atoms in total. The summed E-state index contributed by atoms with van der Waals surface area (Å²) in [6.45, 7) is 5.10. The van der Waals surface area contributed by atoms with Crippen LogP contribution in [-0.2, 0) is 26.2 Å². The number of hydrogen-bond donors (Lipinski definition) is 1. The molecule has 11 heteroatoms. The quantitative estimate of drug-likeness (QED) is 0.414. The second-order valence-corrected chi connectivity index (χ2v) is 11.2. The number of carbonyl (C=O) groups excluding carboxylic acids is 2. The summed E-state index contributed by atoms with van der Waals surface area (Å²) < 4.78 is 31.6. The van der Waals surface area contributed by atoms with Crippen LogP contribution in [0.3, 0.4) is 0 Å². The average Bonchev–Trinajstić information content (AvgIpc) is 2.82. The number of hydrogen-bond acceptors (Lipinski definition) is 5. The summed E-state index contributed by atoms with van der Waals surface area (Å²) in [5, 5.41) is 3.69. The highest BCUT2D eigenvalue weighted by atomic mass is 35.5. The Morgan fingerprint density at radius 2 is 1.78 bits per heavy atom. The lowest BCUT2D eigenvalue weighted by atomic mass is 10.1. The maximum absolute atomic E-state index is 13.7. The molecule has 0 radical (unpaired) electrons. The van der Waals surface area contributed by atoms with Crippen molar-refractivity contribution < 1.29 is 22.7 Å². The molecular formula is C25H33Cl2N3O5S. The molecule has 0 heterocycles. The fraction of sp³-hybridized carbons (Fsp3) is 0.440. The maximum atomic E-state index is 13.7. The van der Waals surface area contributed by atoms with E-state index in [1.165, 1.54) is 18.1 Å². The van der Waals surface area contributed by atoms with Crippen LogP contribution in [0, 0.1) is 0 Å². The molecule has 0 aliphatic heterocycles. The van der Waals surface area contributed by atoms with E-state index in [1.807, 2.05) is 13.8 Å². The molecule has 0 unspecified atom stereocenters. The largest absolute Gasteiger partial charge is 0.497 e. The molecule has 0 aliphatic carbocycles. The van der Waals surface area contributed by atoms with Gasteiger partial charge < -0.3 is 15.0 Å². The van der Waals surface area contributed by atoms with Crippen LogP contribution < -0.4 is 14.4 Å². The topological polar surface area (TPSA) is 96.0 Å². The van der Waals surface area contributed by atoms with Gasteiger partial charge in [0.15, 0.2) is 0 Å². The first-order valence-electron chi connectivity index (χ1n) is 11.6. The highest BCUT2D eigenvalue weighted by Gasteiger charge is 2.32. The number of carbonyl (C=O) groups is 2. The number of nitrogens with zero attached hydrogens (tertiary/aromatic N) is 2. The molecule has 2 amide bonds. The van der Waals surface area contributed by atoms with E-state index in [4.69, 9.17) is 27.9 Å². The third-order valence-electron chi connectivity index (χ3n) is 5.76. The van der Waals surface area contributed by atoms with Crippen molar-refractivity contribution in [3.05, 3.63) is 58.1 Å². The molecule has 0 bridgehead atoms. The number of amides is 2. The van der Waals surface area contributed by atoms with Crippen LogP contribution in [0.1, 0.15) is 39.2 Å². The van der Waals surface area contributed by atoms with Gasteiger partial charge in [-0.25, -0.2) is 8.42 Å². The van der Waals surface area contributed by atoms with E-state index in [0.717, 1.165) is 17.0 Å². The fourth-order valence-electron chi connectivity index (χ4n) is 3.57. The third-order valence-corrected chi connectivity index (χ3v) is 7.49. The highest BCUT2D eigenvalue weighted by Crippen LogP contribution is 2.26. The second-order valence-electron chi connectivity index (χ2n) is 8.47. The van der Waals surface area contributed by atoms with E-state index in [2.05, 4.69) is 5.32 Å². The molecule has 2 aromatic rings. The molecule has 0 aliphatic rings. The van der Waals surface area contributed by atoms with E-state index in [0.29, 0.717) is 27.8 Å². The first-order valence-corrected chi connectivity index (χ1v) is 14.2. The van der Waals surface area contributed by atoms with Crippen LogP contribution in [-0.4, -0.2) is 57.1 Å². The van der Waals surface area contributed by atoms with E-state index in [9.17, 15) is 18.0 Å². The summed E-state index contributed by atoms with van der Waals surface area (Å²) in [5.74, 6) is -0.434. The number of rotatable bonds is 12. The molecule has 0 fully saturated rings. The van der Waals surface area contributed by atoms with Crippen LogP contribution in [0.4, 0.5) is 5.69 Å². The predicted molar refractivity (Wildman–Crippen MR) is 144 cm³/mol. The van der Waals surface area contributed by atoms with Crippen LogP contribution in [0.15, 0.2) is 42.5 Å². The number of anilines is 1. The Morgan fingerprint density at radius 3 is 2.33 bits per heavy atom. The highest BCUT2D eigenvalue weighted by molar-refractivity contribution is 7.92. The average molecular weight is 559 g/mol. The summed E-state index contributed by atoms with van der Waals surface area (Å²) in [6, 6.07) is 10.4. The van der Waals surface area contributed by atoms with Crippen LogP contribution in [0.2, 0.25) is 10.0 Å². The monoisotopic (exact) mass is 557 g/mol. The van der Waals surface area contributed by atoms with Crippen molar-refractivity contribution in [1.29, 1.82) is 0 Å². The van der Waals surface area contributed by atoms with E-state index >= 15 is 0 Å². The molecule has 1 N–H and O–H groups in total. The molecule has 36 heavy (non-hydrogen) atoms. The SMILES string of the molecule is CC[C@H](C)NC(=O)[C@H](CC)N(Cc1ccc(Cl)cc1Cl)C(=O)CN(c1cccc(OC)c1)S(C)(=O)=O. The molecule has 198 valence electrons. The summed E-state index contributed by atoms with van der Waals surface area (Å²) in [5.41, 5.74) is 0.850. The lowest BCUT2D eigenvalue weighted by Crippen LogP contribution is -2.53. The van der Waals surface area contributed by atoms with Gasteiger partial charge in [0.1, 0.15) is 18.3 Å². The molecule has 0 saturated heterocycles. The number of methoxy groups -OCH3 is 1. The van der Waals surface area contributed by atoms with Gasteiger partial charge in [0.25, 0.3) is 0 Å². The van der Waals surface area contributed by atoms with Crippen molar-refractivity contribution in [2.45, 2.75) is 52.2 Å². The van der Waals surface area contributed by atoms with Crippen molar-refractivity contribution >= 4 is 50.7 Å². The minimum Gasteiger partial charge on any atom is -0.497 e. The van der Waals surface area contributed by atoms with E-state index in [-0.39, 0.29) is 24.2 Å². The third kappa shape index (κ3) is 8.01. The van der Waals surface area contributed by atoms with Gasteiger partial charge in [-0.3, -0.25) is 13.9 Å². The summed E-state index contributed by atoms with van der Waals surface area (Å²) >= 11 is 12.4. The number of sulfonamides is 1. The second kappa shape index (κ2) is 13.2. The number of halogens is 2. The Hall–Kier alpha value is -2.49. The first-order chi connectivity index (χ1) is 16.9. The number of benzene rings is 2.